The van der Waals surface area contributed by atoms with Crippen molar-refractivity contribution >= 4 is 11.6 Å². The number of rotatable bonds is 8. The number of imidazole rings is 1. The summed E-state index contributed by atoms with van der Waals surface area (Å²) >= 11 is 6.43. The van der Waals surface area contributed by atoms with Crippen LogP contribution in [-0.2, 0) is 0 Å². The molecule has 1 unspecified atom stereocenters. The van der Waals surface area contributed by atoms with E-state index in [-0.39, 0.29) is 5.54 Å². The summed E-state index contributed by atoms with van der Waals surface area (Å²) in [5.41, 5.74) is 7.74. The van der Waals surface area contributed by atoms with Crippen molar-refractivity contribution in [3.8, 4) is 5.69 Å². The number of halogens is 1. The summed E-state index contributed by atoms with van der Waals surface area (Å²) in [6, 6.07) is 8.00. The lowest BCUT2D eigenvalue weighted by Gasteiger charge is -2.34. The zero-order valence-electron chi connectivity index (χ0n) is 16.0. The van der Waals surface area contributed by atoms with Crippen LogP contribution in [0.1, 0.15) is 82.9 Å². The van der Waals surface area contributed by atoms with Crippen LogP contribution in [0.25, 0.3) is 5.69 Å². The van der Waals surface area contributed by atoms with Crippen LogP contribution in [-0.4, -0.2) is 15.1 Å². The van der Waals surface area contributed by atoms with E-state index in [4.69, 9.17) is 22.3 Å². The lowest BCUT2D eigenvalue weighted by Crippen LogP contribution is -2.41. The number of hydrogen-bond acceptors (Lipinski definition) is 2. The van der Waals surface area contributed by atoms with Gasteiger partial charge in [0.1, 0.15) is 5.82 Å². The molecule has 1 saturated carbocycles. The van der Waals surface area contributed by atoms with Gasteiger partial charge in [-0.15, -0.1) is 0 Å². The Kier molecular flexibility index (Phi) is 6.77. The fourth-order valence-electron chi connectivity index (χ4n) is 4.43. The second-order valence-electron chi connectivity index (χ2n) is 7.91. The van der Waals surface area contributed by atoms with Crippen molar-refractivity contribution in [3.05, 3.63) is 47.5 Å². The monoisotopic (exact) mass is 373 g/mol. The fraction of sp³-hybridized carbons (Fsp3) is 0.591. The highest BCUT2D eigenvalue weighted by molar-refractivity contribution is 6.32. The van der Waals surface area contributed by atoms with Crippen LogP contribution in [0.3, 0.4) is 0 Å². The zero-order chi connectivity index (χ0) is 18.4. The Labute approximate surface area is 163 Å². The van der Waals surface area contributed by atoms with Crippen molar-refractivity contribution in [2.24, 2.45) is 5.73 Å². The Balaban J connectivity index is 1.70. The third kappa shape index (κ3) is 4.69. The molecule has 3 rings (SSSR count). The molecule has 1 aliphatic carbocycles. The molecule has 0 spiro atoms. The largest absolute Gasteiger partial charge is 0.325 e. The number of para-hydroxylation sites is 1. The summed E-state index contributed by atoms with van der Waals surface area (Å²) in [5, 5.41) is 0.769. The normalized spacial score (nSPS) is 18.0. The van der Waals surface area contributed by atoms with Gasteiger partial charge in [-0.2, -0.15) is 0 Å². The minimum absolute atomic E-state index is 0.0766. The van der Waals surface area contributed by atoms with Gasteiger partial charge in [-0.1, -0.05) is 62.8 Å². The van der Waals surface area contributed by atoms with Crippen molar-refractivity contribution in [2.75, 3.05) is 0 Å². The molecule has 1 fully saturated rings. The van der Waals surface area contributed by atoms with Gasteiger partial charge in [-0.25, -0.2) is 4.98 Å². The van der Waals surface area contributed by atoms with Gasteiger partial charge in [-0.05, 0) is 44.2 Å². The highest BCUT2D eigenvalue weighted by Crippen LogP contribution is 2.34. The molecule has 1 aliphatic rings. The molecule has 1 aromatic carbocycles. The first-order valence-corrected chi connectivity index (χ1v) is 10.6. The maximum Gasteiger partial charge on any atom is 0.116 e. The van der Waals surface area contributed by atoms with Crippen LogP contribution >= 0.6 is 11.6 Å². The van der Waals surface area contributed by atoms with Gasteiger partial charge >= 0.3 is 0 Å². The zero-order valence-corrected chi connectivity index (χ0v) is 16.7. The first-order valence-electron chi connectivity index (χ1n) is 10.2. The summed E-state index contributed by atoms with van der Waals surface area (Å²) in [6.45, 7) is 2.25. The molecule has 2 N–H and O–H groups in total. The summed E-state index contributed by atoms with van der Waals surface area (Å²) in [4.78, 5) is 4.71. The molecule has 26 heavy (non-hydrogen) atoms. The van der Waals surface area contributed by atoms with Crippen LogP contribution < -0.4 is 5.73 Å². The van der Waals surface area contributed by atoms with Crippen LogP contribution in [0.4, 0.5) is 0 Å². The van der Waals surface area contributed by atoms with Gasteiger partial charge in [0.2, 0.25) is 0 Å². The van der Waals surface area contributed by atoms with E-state index in [1.165, 1.54) is 38.5 Å². The fourth-order valence-corrected chi connectivity index (χ4v) is 4.65. The average Bonchev–Trinajstić information content (AvgIpc) is 3.11. The summed E-state index contributed by atoms with van der Waals surface area (Å²) < 4.78 is 2.17. The minimum Gasteiger partial charge on any atom is -0.325 e. The molecule has 0 bridgehead atoms. The SMILES string of the molecule is CCCC(CCCC1(N)CCCCC1)c1nccn1-c1ccccc1Cl. The predicted octanol–water partition coefficient (Wildman–Crippen LogP) is 6.24. The summed E-state index contributed by atoms with van der Waals surface area (Å²) in [7, 11) is 0. The number of nitrogens with two attached hydrogens (primary N) is 1. The molecule has 142 valence electrons. The Morgan fingerprint density at radius 1 is 1.19 bits per heavy atom. The van der Waals surface area contributed by atoms with Crippen LogP contribution in [0.15, 0.2) is 36.7 Å². The molecule has 0 amide bonds. The number of hydrogen-bond donors (Lipinski definition) is 1. The molecule has 0 aliphatic heterocycles. The molecular formula is C22H32ClN3. The minimum atomic E-state index is 0.0766. The Morgan fingerprint density at radius 3 is 2.69 bits per heavy atom. The van der Waals surface area contributed by atoms with Crippen LogP contribution in [0.5, 0.6) is 0 Å². The van der Waals surface area contributed by atoms with Gasteiger partial charge < -0.3 is 10.3 Å². The number of nitrogens with zero attached hydrogens (tertiary/aromatic N) is 2. The predicted molar refractivity (Wildman–Crippen MR) is 110 cm³/mol. The first-order chi connectivity index (χ1) is 12.6. The van der Waals surface area contributed by atoms with E-state index >= 15 is 0 Å². The van der Waals surface area contributed by atoms with E-state index in [0.717, 1.165) is 42.2 Å². The standard InChI is InChI=1S/C22H32ClN3/c1-2-9-18(10-8-15-22(24)13-6-3-7-14-22)21-25-16-17-26(21)20-12-5-4-11-19(20)23/h4-5,11-12,16-18H,2-3,6-10,13-15,24H2,1H3. The van der Waals surface area contributed by atoms with Gasteiger partial charge in [0, 0.05) is 23.9 Å². The van der Waals surface area contributed by atoms with Crippen molar-refractivity contribution in [1.29, 1.82) is 0 Å². The number of aromatic nitrogens is 2. The van der Waals surface area contributed by atoms with E-state index in [2.05, 4.69) is 17.6 Å². The van der Waals surface area contributed by atoms with E-state index in [1.807, 2.05) is 30.6 Å². The Morgan fingerprint density at radius 2 is 1.96 bits per heavy atom. The van der Waals surface area contributed by atoms with Crippen molar-refractivity contribution in [1.82, 2.24) is 9.55 Å². The Bertz CT molecular complexity index is 688. The van der Waals surface area contributed by atoms with E-state index in [0.29, 0.717) is 5.92 Å². The molecule has 2 aromatic rings. The highest BCUT2D eigenvalue weighted by atomic mass is 35.5. The Hall–Kier alpha value is -1.32. The van der Waals surface area contributed by atoms with Gasteiger partial charge in [0.05, 0.1) is 10.7 Å². The quantitative estimate of drug-likeness (QED) is 0.595. The average molecular weight is 374 g/mol. The van der Waals surface area contributed by atoms with Crippen LogP contribution in [0.2, 0.25) is 5.02 Å². The second-order valence-corrected chi connectivity index (χ2v) is 8.31. The van der Waals surface area contributed by atoms with E-state index < -0.39 is 0 Å². The first kappa shape index (κ1) is 19.4. The molecule has 1 aromatic heterocycles. The molecule has 1 atom stereocenters. The third-order valence-corrected chi connectivity index (χ3v) is 6.18. The molecule has 1 heterocycles. The van der Waals surface area contributed by atoms with Crippen molar-refractivity contribution in [3.63, 3.8) is 0 Å². The van der Waals surface area contributed by atoms with Gasteiger partial charge in [0.25, 0.3) is 0 Å². The van der Waals surface area contributed by atoms with E-state index in [9.17, 15) is 0 Å². The lowest BCUT2D eigenvalue weighted by atomic mass is 9.78. The second kappa shape index (κ2) is 9.05. The third-order valence-electron chi connectivity index (χ3n) is 5.86. The smallest absolute Gasteiger partial charge is 0.116 e. The molecule has 0 saturated heterocycles. The number of benzene rings is 1. The van der Waals surface area contributed by atoms with E-state index in [1.54, 1.807) is 0 Å². The van der Waals surface area contributed by atoms with Crippen LogP contribution in [0, 0.1) is 0 Å². The van der Waals surface area contributed by atoms with Gasteiger partial charge in [0.15, 0.2) is 0 Å². The molecule has 3 nitrogen and oxygen atoms in total. The maximum absolute atomic E-state index is 6.64. The maximum atomic E-state index is 6.64. The van der Waals surface area contributed by atoms with Crippen molar-refractivity contribution in [2.45, 2.75) is 82.6 Å². The summed E-state index contributed by atoms with van der Waals surface area (Å²) in [5.74, 6) is 1.59. The lowest BCUT2D eigenvalue weighted by molar-refractivity contribution is 0.267. The highest BCUT2D eigenvalue weighted by Gasteiger charge is 2.27. The molecule has 4 heteroatoms. The topological polar surface area (TPSA) is 43.8 Å². The van der Waals surface area contributed by atoms with Gasteiger partial charge in [-0.3, -0.25) is 0 Å². The summed E-state index contributed by atoms with van der Waals surface area (Å²) in [6.07, 6.45) is 16.0. The molecular weight excluding hydrogens is 342 g/mol. The molecule has 0 radical (unpaired) electrons. The van der Waals surface area contributed by atoms with Crippen molar-refractivity contribution < 1.29 is 0 Å².